The lowest BCUT2D eigenvalue weighted by atomic mass is 10.0. The van der Waals surface area contributed by atoms with Crippen molar-refractivity contribution in [3.05, 3.63) is 0 Å². The van der Waals surface area contributed by atoms with Gasteiger partial charge in [0.15, 0.2) is 0 Å². The van der Waals surface area contributed by atoms with E-state index in [-0.39, 0.29) is 29.9 Å². The monoisotopic (exact) mass is 141 g/mol. The van der Waals surface area contributed by atoms with E-state index in [0.717, 1.165) is 6.42 Å². The number of hydrogen-bond acceptors (Lipinski definition) is 2. The van der Waals surface area contributed by atoms with Gasteiger partial charge in [0.1, 0.15) is 0 Å². The van der Waals surface area contributed by atoms with Crippen LogP contribution < -0.4 is 5.32 Å². The van der Waals surface area contributed by atoms with Crippen molar-refractivity contribution in [1.82, 2.24) is 5.32 Å². The summed E-state index contributed by atoms with van der Waals surface area (Å²) >= 11 is 0. The minimum atomic E-state index is 0.0185. The molecule has 3 heteroatoms. The van der Waals surface area contributed by atoms with Gasteiger partial charge in [0.2, 0.25) is 5.91 Å². The zero-order valence-electron chi connectivity index (χ0n) is 5.92. The Labute approximate surface area is 59.4 Å². The van der Waals surface area contributed by atoms with Gasteiger partial charge in [-0.3, -0.25) is 4.79 Å². The van der Waals surface area contributed by atoms with Gasteiger partial charge < -0.3 is 10.4 Å². The summed E-state index contributed by atoms with van der Waals surface area (Å²) < 4.78 is 0. The lowest BCUT2D eigenvalue weighted by Crippen LogP contribution is -2.36. The van der Waals surface area contributed by atoms with Crippen molar-refractivity contribution < 1.29 is 9.90 Å². The molecule has 0 bridgehead atoms. The molecule has 0 spiro atoms. The SMILES string of the molecule is CC12C[C@H]1C(=O)N[C@@H]2CO. The van der Waals surface area contributed by atoms with Gasteiger partial charge in [0.25, 0.3) is 0 Å². The average Bonchev–Trinajstić information content (AvgIpc) is 2.52. The predicted molar refractivity (Wildman–Crippen MR) is 35.2 cm³/mol. The van der Waals surface area contributed by atoms with Crippen molar-refractivity contribution in [2.24, 2.45) is 11.3 Å². The van der Waals surface area contributed by atoms with E-state index in [1.165, 1.54) is 0 Å². The number of aliphatic hydroxyl groups is 1. The molecule has 0 radical (unpaired) electrons. The molecule has 2 aliphatic rings. The molecule has 1 saturated carbocycles. The van der Waals surface area contributed by atoms with Crippen LogP contribution in [-0.4, -0.2) is 23.7 Å². The van der Waals surface area contributed by atoms with Gasteiger partial charge in [-0.1, -0.05) is 6.92 Å². The number of amides is 1. The van der Waals surface area contributed by atoms with E-state index in [1.54, 1.807) is 0 Å². The summed E-state index contributed by atoms with van der Waals surface area (Å²) in [5.41, 5.74) is 0.0891. The quantitative estimate of drug-likeness (QED) is 0.517. The molecule has 0 aromatic carbocycles. The van der Waals surface area contributed by atoms with Gasteiger partial charge in [0.05, 0.1) is 12.6 Å². The second kappa shape index (κ2) is 1.53. The van der Waals surface area contributed by atoms with Crippen LogP contribution in [0.4, 0.5) is 0 Å². The Hall–Kier alpha value is -0.570. The number of hydrogen-bond donors (Lipinski definition) is 2. The first kappa shape index (κ1) is 6.16. The summed E-state index contributed by atoms with van der Waals surface area (Å²) in [6.07, 6.45) is 0.962. The Morgan fingerprint density at radius 3 is 2.80 bits per heavy atom. The molecule has 1 heterocycles. The number of nitrogens with one attached hydrogen (secondary N) is 1. The lowest BCUT2D eigenvalue weighted by molar-refractivity contribution is -0.121. The first-order valence-corrected chi connectivity index (χ1v) is 3.60. The Balaban J connectivity index is 2.20. The average molecular weight is 141 g/mol. The van der Waals surface area contributed by atoms with Crippen LogP contribution in [0.25, 0.3) is 0 Å². The Kier molecular flexibility index (Phi) is 0.944. The third kappa shape index (κ3) is 0.515. The Bertz CT molecular complexity index is 192. The normalized spacial score (nSPS) is 50.4. The van der Waals surface area contributed by atoms with Crippen molar-refractivity contribution in [3.8, 4) is 0 Å². The predicted octanol–water partition coefficient (Wildman–Crippen LogP) is -0.497. The molecule has 1 unspecified atom stereocenters. The number of aliphatic hydroxyl groups excluding tert-OH is 1. The lowest BCUT2D eigenvalue weighted by Gasteiger charge is -2.15. The van der Waals surface area contributed by atoms with Crippen LogP contribution in [-0.2, 0) is 4.79 Å². The van der Waals surface area contributed by atoms with E-state index in [0.29, 0.717) is 0 Å². The highest BCUT2D eigenvalue weighted by molar-refractivity contribution is 5.86. The molecule has 0 aromatic heterocycles. The number of fused-ring (bicyclic) bond motifs is 1. The summed E-state index contributed by atoms with van der Waals surface area (Å²) in [6.45, 7) is 2.13. The van der Waals surface area contributed by atoms with Crippen LogP contribution >= 0.6 is 0 Å². The number of carbonyl (C=O) groups is 1. The van der Waals surface area contributed by atoms with Gasteiger partial charge in [-0.2, -0.15) is 0 Å². The molecule has 2 fully saturated rings. The van der Waals surface area contributed by atoms with E-state index in [9.17, 15) is 4.79 Å². The first-order valence-electron chi connectivity index (χ1n) is 3.60. The highest BCUT2D eigenvalue weighted by atomic mass is 16.3. The van der Waals surface area contributed by atoms with Crippen LogP contribution in [0.2, 0.25) is 0 Å². The number of carbonyl (C=O) groups excluding carboxylic acids is 1. The third-order valence-electron chi connectivity index (χ3n) is 2.89. The maximum absolute atomic E-state index is 11.0. The van der Waals surface area contributed by atoms with Crippen molar-refractivity contribution in [3.63, 3.8) is 0 Å². The zero-order chi connectivity index (χ0) is 7.35. The topological polar surface area (TPSA) is 49.3 Å². The summed E-state index contributed by atoms with van der Waals surface area (Å²) in [5, 5.41) is 11.6. The maximum atomic E-state index is 11.0. The second-order valence-electron chi connectivity index (χ2n) is 3.51. The van der Waals surface area contributed by atoms with Crippen LogP contribution in [0.3, 0.4) is 0 Å². The molecule has 2 rings (SSSR count). The van der Waals surface area contributed by atoms with Crippen LogP contribution in [0.1, 0.15) is 13.3 Å². The smallest absolute Gasteiger partial charge is 0.224 e. The first-order chi connectivity index (χ1) is 4.68. The van der Waals surface area contributed by atoms with E-state index in [2.05, 4.69) is 12.2 Å². The van der Waals surface area contributed by atoms with Gasteiger partial charge in [-0.15, -0.1) is 0 Å². The third-order valence-corrected chi connectivity index (χ3v) is 2.89. The fourth-order valence-corrected chi connectivity index (χ4v) is 1.85. The molecule has 3 atom stereocenters. The van der Waals surface area contributed by atoms with Gasteiger partial charge in [0, 0.05) is 11.3 Å². The van der Waals surface area contributed by atoms with Crippen molar-refractivity contribution in [2.45, 2.75) is 19.4 Å². The molecular formula is C7H11NO2. The minimum absolute atomic E-state index is 0.0185. The van der Waals surface area contributed by atoms with Gasteiger partial charge in [-0.25, -0.2) is 0 Å². The Morgan fingerprint density at radius 2 is 2.60 bits per heavy atom. The summed E-state index contributed by atoms with van der Waals surface area (Å²) in [6, 6.07) is 0.0185. The number of rotatable bonds is 1. The molecular weight excluding hydrogens is 130 g/mol. The van der Waals surface area contributed by atoms with Gasteiger partial charge in [-0.05, 0) is 6.42 Å². The summed E-state index contributed by atoms with van der Waals surface area (Å²) in [7, 11) is 0. The van der Waals surface area contributed by atoms with Crippen molar-refractivity contribution in [1.29, 1.82) is 0 Å². The molecule has 1 aliphatic heterocycles. The molecule has 1 amide bonds. The standard InChI is InChI=1S/C7H11NO2/c1-7-2-4(7)6(10)8-5(7)3-9/h4-5,9H,2-3H2,1H3,(H,8,10)/t4-,5+,7?/m0/s1. The van der Waals surface area contributed by atoms with Crippen LogP contribution in [0.5, 0.6) is 0 Å². The fourth-order valence-electron chi connectivity index (χ4n) is 1.85. The zero-order valence-corrected chi connectivity index (χ0v) is 5.92. The van der Waals surface area contributed by atoms with Crippen molar-refractivity contribution >= 4 is 5.91 Å². The van der Waals surface area contributed by atoms with Gasteiger partial charge >= 0.3 is 0 Å². The summed E-state index contributed by atoms with van der Waals surface area (Å²) in [4.78, 5) is 11.0. The second-order valence-corrected chi connectivity index (χ2v) is 3.51. The molecule has 10 heavy (non-hydrogen) atoms. The van der Waals surface area contributed by atoms with Crippen molar-refractivity contribution in [2.75, 3.05) is 6.61 Å². The Morgan fingerprint density at radius 1 is 1.90 bits per heavy atom. The van der Waals surface area contributed by atoms with Crippen LogP contribution in [0, 0.1) is 11.3 Å². The maximum Gasteiger partial charge on any atom is 0.224 e. The van der Waals surface area contributed by atoms with E-state index >= 15 is 0 Å². The molecule has 56 valence electrons. The van der Waals surface area contributed by atoms with E-state index in [4.69, 9.17) is 5.11 Å². The molecule has 3 nitrogen and oxygen atoms in total. The molecule has 2 N–H and O–H groups in total. The molecule has 1 saturated heterocycles. The molecule has 1 aliphatic carbocycles. The number of piperidine rings is 1. The molecule has 0 aromatic rings. The minimum Gasteiger partial charge on any atom is -0.394 e. The largest absolute Gasteiger partial charge is 0.394 e. The summed E-state index contributed by atoms with van der Waals surface area (Å²) in [5.74, 6) is 0.325. The van der Waals surface area contributed by atoms with E-state index < -0.39 is 0 Å². The highest BCUT2D eigenvalue weighted by Crippen LogP contribution is 2.58. The van der Waals surface area contributed by atoms with E-state index in [1.807, 2.05) is 0 Å². The highest BCUT2D eigenvalue weighted by Gasteiger charge is 2.64. The van der Waals surface area contributed by atoms with Crippen LogP contribution in [0.15, 0.2) is 0 Å². The fraction of sp³-hybridized carbons (Fsp3) is 0.857.